The van der Waals surface area contributed by atoms with E-state index in [0.717, 1.165) is 30.1 Å². The largest absolute Gasteiger partial charge is 0.497 e. The number of piperazine rings is 1. The second kappa shape index (κ2) is 9.97. The molecule has 3 aromatic rings. The second-order valence-corrected chi connectivity index (χ2v) is 10.3. The molecule has 1 fully saturated rings. The summed E-state index contributed by atoms with van der Waals surface area (Å²) in [5.74, 6) is 8.04. The summed E-state index contributed by atoms with van der Waals surface area (Å²) in [4.78, 5) is 17.0. The number of rotatable bonds is 6. The number of hydrogen-bond donors (Lipinski definition) is 1. The minimum atomic E-state index is 0.0798. The Bertz CT molecular complexity index is 1110. The maximum absolute atomic E-state index is 12.8. The van der Waals surface area contributed by atoms with Crippen molar-refractivity contribution in [3.05, 3.63) is 54.1 Å². The maximum atomic E-state index is 12.8. The van der Waals surface area contributed by atoms with Gasteiger partial charge in [-0.25, -0.2) is 4.68 Å². The predicted molar refractivity (Wildman–Crippen MR) is 137 cm³/mol. The maximum Gasteiger partial charge on any atom is 0.233 e. The number of carbonyl (C=O) groups excluding carboxylic acids is 1. The molecule has 0 saturated carbocycles. The lowest BCUT2D eigenvalue weighted by atomic mass is 9.87. The summed E-state index contributed by atoms with van der Waals surface area (Å²) in [6.45, 7) is 9.50. The molecule has 1 aliphatic heterocycles. The number of thioether (sulfide) groups is 1. The Hall–Kier alpha value is -3.20. The third-order valence-electron chi connectivity index (χ3n) is 6.07. The van der Waals surface area contributed by atoms with Crippen LogP contribution in [0.5, 0.6) is 5.75 Å². The van der Waals surface area contributed by atoms with Crippen molar-refractivity contribution in [2.75, 3.05) is 49.8 Å². The van der Waals surface area contributed by atoms with E-state index in [1.165, 1.54) is 22.0 Å². The highest BCUT2D eigenvalue weighted by Gasteiger charge is 2.23. The van der Waals surface area contributed by atoms with E-state index in [1.807, 2.05) is 29.2 Å². The van der Waals surface area contributed by atoms with Gasteiger partial charge in [0.15, 0.2) is 5.82 Å². The van der Waals surface area contributed by atoms with Crippen molar-refractivity contribution in [2.45, 2.75) is 31.3 Å². The summed E-state index contributed by atoms with van der Waals surface area (Å²) in [5.41, 5.74) is 3.36. The molecule has 2 heterocycles. The Kier molecular flexibility index (Phi) is 7.02. The van der Waals surface area contributed by atoms with Crippen LogP contribution in [0.2, 0.25) is 0 Å². The summed E-state index contributed by atoms with van der Waals surface area (Å²) in [6, 6.07) is 16.2. The van der Waals surface area contributed by atoms with Gasteiger partial charge in [0, 0.05) is 37.4 Å². The van der Waals surface area contributed by atoms with Gasteiger partial charge in [0.1, 0.15) is 5.75 Å². The summed E-state index contributed by atoms with van der Waals surface area (Å²) in [7, 11) is 1.66. The normalized spacial score (nSPS) is 14.4. The number of nitrogens with two attached hydrogens (primary N) is 1. The van der Waals surface area contributed by atoms with Crippen molar-refractivity contribution in [2.24, 2.45) is 0 Å². The summed E-state index contributed by atoms with van der Waals surface area (Å²) >= 11 is 1.32. The van der Waals surface area contributed by atoms with E-state index in [-0.39, 0.29) is 17.1 Å². The molecule has 1 saturated heterocycles. The molecule has 0 spiro atoms. The second-order valence-electron chi connectivity index (χ2n) is 9.36. The van der Waals surface area contributed by atoms with Crippen LogP contribution in [0.1, 0.15) is 26.3 Å². The summed E-state index contributed by atoms with van der Waals surface area (Å²) in [5, 5.41) is 8.99. The molecule has 9 heteroatoms. The van der Waals surface area contributed by atoms with Gasteiger partial charge in [-0.05, 0) is 35.2 Å². The van der Waals surface area contributed by atoms with Crippen LogP contribution in [-0.2, 0) is 10.2 Å². The summed E-state index contributed by atoms with van der Waals surface area (Å²) < 4.78 is 6.69. The molecule has 0 aliphatic carbocycles. The fourth-order valence-electron chi connectivity index (χ4n) is 3.92. The molecule has 8 nitrogen and oxygen atoms in total. The fourth-order valence-corrected chi connectivity index (χ4v) is 4.68. The first-order valence-electron chi connectivity index (χ1n) is 11.4. The highest BCUT2D eigenvalue weighted by Crippen LogP contribution is 2.27. The average Bonchev–Trinajstić information content (AvgIpc) is 3.22. The van der Waals surface area contributed by atoms with Crippen LogP contribution >= 0.6 is 11.8 Å². The van der Waals surface area contributed by atoms with Crippen LogP contribution in [-0.4, -0.2) is 64.7 Å². The van der Waals surface area contributed by atoms with Crippen molar-refractivity contribution in [3.63, 3.8) is 0 Å². The summed E-state index contributed by atoms with van der Waals surface area (Å²) in [6.07, 6.45) is 0. The zero-order chi connectivity index (χ0) is 24.3. The van der Waals surface area contributed by atoms with E-state index < -0.39 is 0 Å². The molecular formula is C25H32N6O2S. The van der Waals surface area contributed by atoms with Gasteiger partial charge in [0.2, 0.25) is 11.1 Å². The zero-order valence-electron chi connectivity index (χ0n) is 20.2. The molecule has 0 radical (unpaired) electrons. The zero-order valence-corrected chi connectivity index (χ0v) is 21.0. The van der Waals surface area contributed by atoms with Gasteiger partial charge in [0.05, 0.1) is 12.9 Å². The molecule has 1 amide bonds. The van der Waals surface area contributed by atoms with Gasteiger partial charge in [-0.2, -0.15) is 0 Å². The molecule has 0 unspecified atom stereocenters. The van der Waals surface area contributed by atoms with Gasteiger partial charge >= 0.3 is 0 Å². The monoisotopic (exact) mass is 480 g/mol. The number of ether oxygens (including phenoxy) is 1. The van der Waals surface area contributed by atoms with Crippen LogP contribution in [0.4, 0.5) is 5.69 Å². The molecule has 0 bridgehead atoms. The van der Waals surface area contributed by atoms with Gasteiger partial charge in [-0.1, -0.05) is 56.8 Å². The number of aromatic nitrogens is 3. The molecule has 1 aromatic heterocycles. The van der Waals surface area contributed by atoms with E-state index >= 15 is 0 Å². The SMILES string of the molecule is COc1ccc(N2CCN(C(=O)CSc3nnc(-c4ccc(C(C)(C)C)cc4)n3N)CC2)cc1. The van der Waals surface area contributed by atoms with E-state index in [2.05, 4.69) is 60.1 Å². The number of methoxy groups -OCH3 is 1. The molecule has 2 N–H and O–H groups in total. The number of carbonyl (C=O) groups is 1. The first-order chi connectivity index (χ1) is 16.3. The Balaban J connectivity index is 1.31. The molecule has 1 aliphatic rings. The number of anilines is 1. The Morgan fingerprint density at radius 3 is 2.24 bits per heavy atom. The van der Waals surface area contributed by atoms with Gasteiger partial charge in [0.25, 0.3) is 0 Å². The van der Waals surface area contributed by atoms with Gasteiger partial charge in [-0.15, -0.1) is 10.2 Å². The van der Waals surface area contributed by atoms with Crippen molar-refractivity contribution < 1.29 is 9.53 Å². The number of amides is 1. The number of nitrogens with zero attached hydrogens (tertiary/aromatic N) is 5. The molecule has 34 heavy (non-hydrogen) atoms. The van der Waals surface area contributed by atoms with Gasteiger partial charge < -0.3 is 20.4 Å². The predicted octanol–water partition coefficient (Wildman–Crippen LogP) is 3.41. The van der Waals surface area contributed by atoms with Crippen LogP contribution in [0, 0.1) is 0 Å². The quantitative estimate of drug-likeness (QED) is 0.427. The number of hydrogen-bond acceptors (Lipinski definition) is 7. The topological polar surface area (TPSA) is 89.5 Å². The standard InChI is InChI=1S/C25H32N6O2S/c1-25(2,3)19-7-5-18(6-8-19)23-27-28-24(31(23)26)34-17-22(32)30-15-13-29(14-16-30)20-9-11-21(33-4)12-10-20/h5-12H,13-17,26H2,1-4H3. The van der Waals surface area contributed by atoms with Crippen molar-refractivity contribution in [3.8, 4) is 17.1 Å². The highest BCUT2D eigenvalue weighted by molar-refractivity contribution is 7.99. The lowest BCUT2D eigenvalue weighted by molar-refractivity contribution is -0.128. The minimum Gasteiger partial charge on any atom is -0.497 e. The first-order valence-corrected chi connectivity index (χ1v) is 12.4. The molecular weight excluding hydrogens is 448 g/mol. The smallest absolute Gasteiger partial charge is 0.233 e. The molecule has 2 aromatic carbocycles. The molecule has 0 atom stereocenters. The Labute approximate surface area is 205 Å². The van der Waals surface area contributed by atoms with Crippen LogP contribution < -0.4 is 15.5 Å². The van der Waals surface area contributed by atoms with Crippen LogP contribution in [0.3, 0.4) is 0 Å². The average molecular weight is 481 g/mol. The highest BCUT2D eigenvalue weighted by atomic mass is 32.2. The molecule has 180 valence electrons. The lowest BCUT2D eigenvalue weighted by Crippen LogP contribution is -2.49. The number of benzene rings is 2. The third-order valence-corrected chi connectivity index (χ3v) is 7.00. The Morgan fingerprint density at radius 2 is 1.65 bits per heavy atom. The lowest BCUT2D eigenvalue weighted by Gasteiger charge is -2.36. The van der Waals surface area contributed by atoms with Crippen LogP contribution in [0.15, 0.2) is 53.7 Å². The number of nitrogen functional groups attached to an aromatic ring is 1. The van der Waals surface area contributed by atoms with Crippen molar-refractivity contribution in [1.29, 1.82) is 0 Å². The molecule has 4 rings (SSSR count). The fraction of sp³-hybridized carbons (Fsp3) is 0.400. The van der Waals surface area contributed by atoms with E-state index in [4.69, 9.17) is 10.6 Å². The first kappa shape index (κ1) is 23.9. The van der Waals surface area contributed by atoms with Crippen molar-refractivity contribution in [1.82, 2.24) is 19.8 Å². The van der Waals surface area contributed by atoms with E-state index in [9.17, 15) is 4.79 Å². The van der Waals surface area contributed by atoms with Gasteiger partial charge in [-0.3, -0.25) is 4.79 Å². The van der Waals surface area contributed by atoms with Crippen LogP contribution in [0.25, 0.3) is 11.4 Å². The van der Waals surface area contributed by atoms with E-state index in [1.54, 1.807) is 7.11 Å². The van der Waals surface area contributed by atoms with E-state index in [0.29, 0.717) is 24.1 Å². The Morgan fingerprint density at radius 1 is 1.00 bits per heavy atom. The van der Waals surface area contributed by atoms with Crippen molar-refractivity contribution >= 4 is 23.4 Å². The minimum absolute atomic E-state index is 0.0798. The third kappa shape index (κ3) is 5.30.